The van der Waals surface area contributed by atoms with Crippen molar-refractivity contribution >= 4 is 17.7 Å². The molecule has 6 nitrogen and oxygen atoms in total. The SMILES string of the molecule is CC(=O)N(C)[C@@H](CC(C)C)C(=O)N[C@@H](C)C(=O)N1CCCCC1. The number of nitrogens with one attached hydrogen (secondary N) is 1. The smallest absolute Gasteiger partial charge is 0.244 e. The van der Waals surface area contributed by atoms with Gasteiger partial charge in [-0.25, -0.2) is 0 Å². The lowest BCUT2D eigenvalue weighted by Gasteiger charge is -2.32. The molecule has 1 fully saturated rings. The van der Waals surface area contributed by atoms with Crippen LogP contribution in [0.5, 0.6) is 0 Å². The van der Waals surface area contributed by atoms with Gasteiger partial charge in [-0.15, -0.1) is 0 Å². The largest absolute Gasteiger partial charge is 0.343 e. The van der Waals surface area contributed by atoms with Crippen LogP contribution in [0, 0.1) is 5.92 Å². The van der Waals surface area contributed by atoms with Crippen molar-refractivity contribution < 1.29 is 14.4 Å². The third-order valence-corrected chi connectivity index (χ3v) is 4.36. The number of hydrogen-bond acceptors (Lipinski definition) is 3. The fourth-order valence-electron chi connectivity index (χ4n) is 2.87. The highest BCUT2D eigenvalue weighted by Gasteiger charge is 2.29. The second-order valence-electron chi connectivity index (χ2n) is 6.89. The van der Waals surface area contributed by atoms with E-state index in [-0.39, 0.29) is 23.6 Å². The minimum absolute atomic E-state index is 0.0353. The molecular formula is C17H31N3O3. The number of amides is 3. The Morgan fingerprint density at radius 2 is 1.65 bits per heavy atom. The zero-order valence-electron chi connectivity index (χ0n) is 15.1. The van der Waals surface area contributed by atoms with Gasteiger partial charge < -0.3 is 15.1 Å². The Morgan fingerprint density at radius 1 is 1.09 bits per heavy atom. The second kappa shape index (κ2) is 8.89. The maximum absolute atomic E-state index is 12.5. The molecule has 1 saturated heterocycles. The number of hydrogen-bond donors (Lipinski definition) is 1. The van der Waals surface area contributed by atoms with Crippen molar-refractivity contribution in [3.05, 3.63) is 0 Å². The van der Waals surface area contributed by atoms with Crippen molar-refractivity contribution in [1.82, 2.24) is 15.1 Å². The van der Waals surface area contributed by atoms with Crippen LogP contribution in [-0.4, -0.2) is 59.7 Å². The molecule has 2 atom stereocenters. The van der Waals surface area contributed by atoms with E-state index in [4.69, 9.17) is 0 Å². The van der Waals surface area contributed by atoms with Gasteiger partial charge in [0.15, 0.2) is 0 Å². The Bertz CT molecular complexity index is 431. The summed E-state index contributed by atoms with van der Waals surface area (Å²) in [4.78, 5) is 39.8. The Hall–Kier alpha value is -1.59. The van der Waals surface area contributed by atoms with Gasteiger partial charge in [-0.1, -0.05) is 13.8 Å². The van der Waals surface area contributed by atoms with E-state index in [1.165, 1.54) is 11.8 Å². The normalized spacial score (nSPS) is 17.6. The number of likely N-dealkylation sites (tertiary alicyclic amines) is 1. The molecule has 0 saturated carbocycles. The zero-order chi connectivity index (χ0) is 17.6. The standard InChI is InChI=1S/C17H31N3O3/c1-12(2)11-15(19(5)14(4)21)16(22)18-13(3)17(23)20-9-7-6-8-10-20/h12-13,15H,6-11H2,1-5H3,(H,18,22)/t13-,15-/m0/s1. The molecule has 0 aromatic heterocycles. The summed E-state index contributed by atoms with van der Waals surface area (Å²) in [5.74, 6) is -0.164. The molecule has 0 bridgehead atoms. The van der Waals surface area contributed by atoms with Crippen molar-refractivity contribution in [2.75, 3.05) is 20.1 Å². The molecule has 1 heterocycles. The Kier molecular flexibility index (Phi) is 7.52. The molecule has 0 unspecified atom stereocenters. The number of piperidine rings is 1. The number of carbonyl (C=O) groups is 3. The van der Waals surface area contributed by atoms with Crippen LogP contribution in [0.4, 0.5) is 0 Å². The summed E-state index contributed by atoms with van der Waals surface area (Å²) in [6.45, 7) is 8.72. The topological polar surface area (TPSA) is 69.7 Å². The van der Waals surface area contributed by atoms with Crippen LogP contribution in [-0.2, 0) is 14.4 Å². The average molecular weight is 325 g/mol. The fourth-order valence-corrected chi connectivity index (χ4v) is 2.87. The van der Waals surface area contributed by atoms with Crippen molar-refractivity contribution in [2.45, 2.75) is 65.5 Å². The van der Waals surface area contributed by atoms with E-state index in [0.717, 1.165) is 32.4 Å². The maximum Gasteiger partial charge on any atom is 0.244 e. The van der Waals surface area contributed by atoms with Gasteiger partial charge in [-0.2, -0.15) is 0 Å². The van der Waals surface area contributed by atoms with Crippen LogP contribution < -0.4 is 5.32 Å². The van der Waals surface area contributed by atoms with Gasteiger partial charge in [0.25, 0.3) is 0 Å². The first-order valence-electron chi connectivity index (χ1n) is 8.56. The van der Waals surface area contributed by atoms with Crippen molar-refractivity contribution in [3.8, 4) is 0 Å². The zero-order valence-corrected chi connectivity index (χ0v) is 15.1. The molecule has 1 N–H and O–H groups in total. The molecule has 0 aromatic carbocycles. The van der Waals surface area contributed by atoms with Crippen LogP contribution in [0.2, 0.25) is 0 Å². The molecule has 0 spiro atoms. The first kappa shape index (κ1) is 19.5. The molecule has 1 rings (SSSR count). The quantitative estimate of drug-likeness (QED) is 0.802. The number of rotatable bonds is 6. The van der Waals surface area contributed by atoms with Crippen LogP contribution in [0.1, 0.15) is 53.4 Å². The number of nitrogens with zero attached hydrogens (tertiary/aromatic N) is 2. The first-order chi connectivity index (χ1) is 10.7. The molecule has 0 aliphatic carbocycles. The summed E-state index contributed by atoms with van der Waals surface area (Å²) in [6.07, 6.45) is 3.78. The van der Waals surface area contributed by atoms with E-state index in [9.17, 15) is 14.4 Å². The third-order valence-electron chi connectivity index (χ3n) is 4.36. The highest BCUT2D eigenvalue weighted by molar-refractivity contribution is 5.91. The molecule has 3 amide bonds. The first-order valence-corrected chi connectivity index (χ1v) is 8.56. The highest BCUT2D eigenvalue weighted by atomic mass is 16.2. The second-order valence-corrected chi connectivity index (χ2v) is 6.89. The molecule has 0 aromatic rings. The van der Waals surface area contributed by atoms with E-state index in [1.807, 2.05) is 18.7 Å². The van der Waals surface area contributed by atoms with Crippen LogP contribution >= 0.6 is 0 Å². The van der Waals surface area contributed by atoms with Gasteiger partial charge in [0.05, 0.1) is 0 Å². The highest BCUT2D eigenvalue weighted by Crippen LogP contribution is 2.13. The van der Waals surface area contributed by atoms with Crippen LogP contribution in [0.3, 0.4) is 0 Å². The molecular weight excluding hydrogens is 294 g/mol. The predicted octanol–water partition coefficient (Wildman–Crippen LogP) is 1.40. The monoisotopic (exact) mass is 325 g/mol. The van der Waals surface area contributed by atoms with Crippen LogP contribution in [0.25, 0.3) is 0 Å². The van der Waals surface area contributed by atoms with Crippen molar-refractivity contribution in [3.63, 3.8) is 0 Å². The molecule has 132 valence electrons. The lowest BCUT2D eigenvalue weighted by atomic mass is 10.0. The van der Waals surface area contributed by atoms with E-state index in [1.54, 1.807) is 14.0 Å². The summed E-state index contributed by atoms with van der Waals surface area (Å²) >= 11 is 0. The number of carbonyl (C=O) groups excluding carboxylic acids is 3. The average Bonchev–Trinajstić information content (AvgIpc) is 2.51. The van der Waals surface area contributed by atoms with E-state index in [0.29, 0.717) is 6.42 Å². The van der Waals surface area contributed by atoms with E-state index < -0.39 is 12.1 Å². The van der Waals surface area contributed by atoms with Gasteiger partial charge in [-0.05, 0) is 38.5 Å². The van der Waals surface area contributed by atoms with Crippen molar-refractivity contribution in [2.24, 2.45) is 5.92 Å². The van der Waals surface area contributed by atoms with Gasteiger partial charge in [0, 0.05) is 27.1 Å². The Labute approximate surface area is 139 Å². The molecule has 1 aliphatic heterocycles. The van der Waals surface area contributed by atoms with Gasteiger partial charge in [0.2, 0.25) is 17.7 Å². The molecule has 23 heavy (non-hydrogen) atoms. The van der Waals surface area contributed by atoms with Crippen molar-refractivity contribution in [1.29, 1.82) is 0 Å². The maximum atomic E-state index is 12.5. The van der Waals surface area contributed by atoms with Gasteiger partial charge in [0.1, 0.15) is 12.1 Å². The Morgan fingerprint density at radius 3 is 2.13 bits per heavy atom. The lowest BCUT2D eigenvalue weighted by Crippen LogP contribution is -2.54. The molecule has 0 radical (unpaired) electrons. The minimum atomic E-state index is -0.560. The minimum Gasteiger partial charge on any atom is -0.343 e. The van der Waals surface area contributed by atoms with Gasteiger partial charge >= 0.3 is 0 Å². The summed E-state index contributed by atoms with van der Waals surface area (Å²) in [7, 11) is 1.63. The van der Waals surface area contributed by atoms with Crippen LogP contribution in [0.15, 0.2) is 0 Å². The number of likely N-dealkylation sites (N-methyl/N-ethyl adjacent to an activating group) is 1. The molecule has 1 aliphatic rings. The lowest BCUT2D eigenvalue weighted by molar-refractivity contribution is -0.141. The van der Waals surface area contributed by atoms with Gasteiger partial charge in [-0.3, -0.25) is 14.4 Å². The summed E-state index contributed by atoms with van der Waals surface area (Å²) in [5.41, 5.74) is 0. The Balaban J connectivity index is 2.68. The third kappa shape index (κ3) is 5.84. The summed E-state index contributed by atoms with van der Waals surface area (Å²) in [5, 5.41) is 2.79. The van der Waals surface area contributed by atoms with E-state index in [2.05, 4.69) is 5.32 Å². The fraction of sp³-hybridized carbons (Fsp3) is 0.824. The summed E-state index contributed by atoms with van der Waals surface area (Å²) in [6, 6.07) is -1.10. The molecule has 6 heteroatoms. The summed E-state index contributed by atoms with van der Waals surface area (Å²) < 4.78 is 0. The van der Waals surface area contributed by atoms with E-state index >= 15 is 0 Å². The predicted molar refractivity (Wildman–Crippen MR) is 89.7 cm³/mol.